The van der Waals surface area contributed by atoms with Gasteiger partial charge < -0.3 is 4.57 Å². The van der Waals surface area contributed by atoms with Crippen molar-refractivity contribution >= 4 is 27.5 Å². The zero-order chi connectivity index (χ0) is 18.4. The van der Waals surface area contributed by atoms with E-state index in [2.05, 4.69) is 9.71 Å². The molecule has 1 amide bonds. The second-order valence-corrected chi connectivity index (χ2v) is 8.10. The quantitative estimate of drug-likeness (QED) is 0.710. The van der Waals surface area contributed by atoms with Crippen LogP contribution >= 0.6 is 11.6 Å². The second kappa shape index (κ2) is 8.49. The van der Waals surface area contributed by atoms with E-state index in [1.807, 2.05) is 25.1 Å². The summed E-state index contributed by atoms with van der Waals surface area (Å²) in [6, 6.07) is 7.40. The summed E-state index contributed by atoms with van der Waals surface area (Å²) >= 11 is 6.15. The Morgan fingerprint density at radius 1 is 1.28 bits per heavy atom. The highest BCUT2D eigenvalue weighted by molar-refractivity contribution is 7.90. The van der Waals surface area contributed by atoms with Gasteiger partial charge in [0, 0.05) is 11.2 Å². The van der Waals surface area contributed by atoms with Crippen LogP contribution in [-0.4, -0.2) is 29.6 Å². The summed E-state index contributed by atoms with van der Waals surface area (Å²) in [4.78, 5) is 16.3. The molecule has 0 bridgehead atoms. The predicted octanol–water partition coefficient (Wildman–Crippen LogP) is 3.14. The number of imidazole rings is 1. The first-order valence-electron chi connectivity index (χ1n) is 8.14. The Morgan fingerprint density at radius 3 is 2.68 bits per heavy atom. The molecule has 1 heterocycles. The second-order valence-electron chi connectivity index (χ2n) is 5.85. The molecule has 0 saturated carbocycles. The molecule has 0 atom stereocenters. The van der Waals surface area contributed by atoms with Gasteiger partial charge in [0.15, 0.2) is 0 Å². The van der Waals surface area contributed by atoms with Crippen LogP contribution in [0, 0.1) is 6.92 Å². The minimum absolute atomic E-state index is 0.0636. The van der Waals surface area contributed by atoms with Crippen molar-refractivity contribution in [3.05, 3.63) is 52.6 Å². The largest absolute Gasteiger partial charge is 0.330 e. The predicted molar refractivity (Wildman–Crippen MR) is 98.3 cm³/mol. The number of halogens is 1. The van der Waals surface area contributed by atoms with E-state index in [0.29, 0.717) is 23.8 Å². The summed E-state index contributed by atoms with van der Waals surface area (Å²) in [5.41, 5.74) is 0.965. The van der Waals surface area contributed by atoms with Crippen LogP contribution in [0.25, 0.3) is 0 Å². The summed E-state index contributed by atoms with van der Waals surface area (Å²) in [6.07, 6.45) is 3.78. The summed E-state index contributed by atoms with van der Waals surface area (Å²) in [5, 5.41) is 0.625. The van der Waals surface area contributed by atoms with E-state index in [-0.39, 0.29) is 11.4 Å². The zero-order valence-electron chi connectivity index (χ0n) is 14.3. The van der Waals surface area contributed by atoms with Gasteiger partial charge in [-0.15, -0.1) is 0 Å². The third-order valence-electron chi connectivity index (χ3n) is 3.77. The lowest BCUT2D eigenvalue weighted by atomic mass is 10.2. The molecule has 2 rings (SSSR count). The molecule has 0 aliphatic heterocycles. The lowest BCUT2D eigenvalue weighted by Crippen LogP contribution is -2.32. The number of amides is 1. The molecule has 2 aromatic rings. The monoisotopic (exact) mass is 383 g/mol. The smallest absolute Gasteiger partial charge is 0.284 e. The van der Waals surface area contributed by atoms with Crippen molar-refractivity contribution < 1.29 is 13.2 Å². The topological polar surface area (TPSA) is 81.1 Å². The number of nitrogens with zero attached hydrogens (tertiary/aromatic N) is 2. The van der Waals surface area contributed by atoms with Crippen LogP contribution in [0.3, 0.4) is 0 Å². The van der Waals surface area contributed by atoms with Crippen LogP contribution in [0.15, 0.2) is 30.5 Å². The van der Waals surface area contributed by atoms with Gasteiger partial charge in [-0.05, 0) is 25.0 Å². The van der Waals surface area contributed by atoms with Crippen molar-refractivity contribution in [2.75, 3.05) is 5.75 Å². The Labute approximate surface area is 153 Å². The van der Waals surface area contributed by atoms with Crippen LogP contribution in [0.4, 0.5) is 0 Å². The van der Waals surface area contributed by atoms with E-state index in [1.54, 1.807) is 17.6 Å². The van der Waals surface area contributed by atoms with E-state index >= 15 is 0 Å². The zero-order valence-corrected chi connectivity index (χ0v) is 15.9. The van der Waals surface area contributed by atoms with Crippen LogP contribution in [0.2, 0.25) is 5.02 Å². The number of aromatic nitrogens is 2. The van der Waals surface area contributed by atoms with Gasteiger partial charge in [0.25, 0.3) is 5.91 Å². The van der Waals surface area contributed by atoms with Crippen LogP contribution in [0.5, 0.6) is 0 Å². The number of unbranched alkanes of at least 4 members (excludes halogenated alkanes) is 2. The number of hydrogen-bond donors (Lipinski definition) is 1. The average molecular weight is 384 g/mol. The van der Waals surface area contributed by atoms with E-state index in [9.17, 15) is 13.2 Å². The fourth-order valence-corrected chi connectivity index (χ4v) is 3.64. The summed E-state index contributed by atoms with van der Waals surface area (Å²) in [6.45, 7) is 4.19. The van der Waals surface area contributed by atoms with Gasteiger partial charge in [-0.3, -0.25) is 4.79 Å². The Morgan fingerprint density at radius 2 is 2.00 bits per heavy atom. The van der Waals surface area contributed by atoms with E-state index < -0.39 is 15.9 Å². The molecule has 25 heavy (non-hydrogen) atoms. The number of sulfonamides is 1. The highest BCUT2D eigenvalue weighted by Gasteiger charge is 2.19. The van der Waals surface area contributed by atoms with Gasteiger partial charge in [-0.1, -0.05) is 49.6 Å². The lowest BCUT2D eigenvalue weighted by molar-refractivity contribution is 0.0977. The molecule has 8 heteroatoms. The molecule has 136 valence electrons. The molecular weight excluding hydrogens is 362 g/mol. The fourth-order valence-electron chi connectivity index (χ4n) is 2.37. The molecule has 0 fully saturated rings. The standard InChI is InChI=1S/C17H22ClN3O3S/c1-3-4-7-10-25(23,24)20-17(22)16-12-21(13(2)19-16)11-14-8-5-6-9-15(14)18/h5-6,8-9,12H,3-4,7,10-11H2,1-2H3,(H,20,22). The van der Waals surface area contributed by atoms with Gasteiger partial charge in [0.2, 0.25) is 10.0 Å². The van der Waals surface area contributed by atoms with E-state index in [0.717, 1.165) is 18.4 Å². The molecule has 6 nitrogen and oxygen atoms in total. The molecule has 0 unspecified atom stereocenters. The Kier molecular flexibility index (Phi) is 6.61. The molecule has 1 N–H and O–H groups in total. The van der Waals surface area contributed by atoms with Crippen LogP contribution in [0.1, 0.15) is 48.1 Å². The SMILES string of the molecule is CCCCCS(=O)(=O)NC(=O)c1cn(Cc2ccccc2Cl)c(C)n1. The molecule has 0 radical (unpaired) electrons. The van der Waals surface area contributed by atoms with Gasteiger partial charge in [0.05, 0.1) is 12.3 Å². The Bertz CT molecular complexity index is 847. The Balaban J connectivity index is 2.08. The van der Waals surface area contributed by atoms with Crippen molar-refractivity contribution in [1.82, 2.24) is 14.3 Å². The lowest BCUT2D eigenvalue weighted by Gasteiger charge is -2.06. The summed E-state index contributed by atoms with van der Waals surface area (Å²) in [5.74, 6) is -0.169. The number of hydrogen-bond acceptors (Lipinski definition) is 4. The van der Waals surface area contributed by atoms with Crippen LogP contribution in [-0.2, 0) is 16.6 Å². The minimum atomic E-state index is -3.64. The van der Waals surface area contributed by atoms with Crippen molar-refractivity contribution in [2.24, 2.45) is 0 Å². The number of aryl methyl sites for hydroxylation is 1. The maximum absolute atomic E-state index is 12.2. The summed E-state index contributed by atoms with van der Waals surface area (Å²) < 4.78 is 27.7. The molecule has 1 aromatic carbocycles. The highest BCUT2D eigenvalue weighted by Crippen LogP contribution is 2.17. The number of carbonyl (C=O) groups is 1. The fraction of sp³-hybridized carbons (Fsp3) is 0.412. The van der Waals surface area contributed by atoms with Gasteiger partial charge in [0.1, 0.15) is 11.5 Å². The average Bonchev–Trinajstić information content (AvgIpc) is 2.90. The van der Waals surface area contributed by atoms with Crippen molar-refractivity contribution in [3.8, 4) is 0 Å². The number of rotatable bonds is 8. The maximum atomic E-state index is 12.2. The molecule has 0 saturated heterocycles. The van der Waals surface area contributed by atoms with E-state index in [4.69, 9.17) is 11.6 Å². The van der Waals surface area contributed by atoms with E-state index in [1.165, 1.54) is 6.20 Å². The van der Waals surface area contributed by atoms with Crippen molar-refractivity contribution in [1.29, 1.82) is 0 Å². The molecule has 1 aromatic heterocycles. The molecule has 0 aliphatic carbocycles. The normalized spacial score (nSPS) is 11.5. The first-order valence-corrected chi connectivity index (χ1v) is 10.2. The first kappa shape index (κ1) is 19.5. The summed E-state index contributed by atoms with van der Waals surface area (Å²) in [7, 11) is -3.64. The van der Waals surface area contributed by atoms with Crippen molar-refractivity contribution in [3.63, 3.8) is 0 Å². The van der Waals surface area contributed by atoms with Gasteiger partial charge in [-0.25, -0.2) is 18.1 Å². The first-order chi connectivity index (χ1) is 11.8. The molecular formula is C17H22ClN3O3S. The minimum Gasteiger partial charge on any atom is -0.330 e. The maximum Gasteiger partial charge on any atom is 0.284 e. The molecule has 0 aliphatic rings. The van der Waals surface area contributed by atoms with Crippen LogP contribution < -0.4 is 4.72 Å². The number of benzene rings is 1. The number of carbonyl (C=O) groups excluding carboxylic acids is 1. The third kappa shape index (κ3) is 5.57. The van der Waals surface area contributed by atoms with Gasteiger partial charge >= 0.3 is 0 Å². The Hall–Kier alpha value is -1.86. The third-order valence-corrected chi connectivity index (χ3v) is 5.46. The molecule has 0 spiro atoms. The highest BCUT2D eigenvalue weighted by atomic mass is 35.5. The van der Waals surface area contributed by atoms with Crippen molar-refractivity contribution in [2.45, 2.75) is 39.7 Å². The van der Waals surface area contributed by atoms with Gasteiger partial charge in [-0.2, -0.15) is 0 Å². The number of nitrogens with one attached hydrogen (secondary N) is 1.